The number of amides is 1. The van der Waals surface area contributed by atoms with Crippen LogP contribution in [-0.2, 0) is 0 Å². The summed E-state index contributed by atoms with van der Waals surface area (Å²) in [7, 11) is 4.05. The van der Waals surface area contributed by atoms with E-state index >= 15 is 0 Å². The first kappa shape index (κ1) is 16.2. The SMILES string of the molecule is CCCN(CCN(C)C)C(=O)c1ccc(Br)c(C)c1. The molecule has 0 aliphatic heterocycles. The predicted molar refractivity (Wildman–Crippen MR) is 83.6 cm³/mol. The summed E-state index contributed by atoms with van der Waals surface area (Å²) in [6, 6.07) is 5.78. The quantitative estimate of drug-likeness (QED) is 0.801. The van der Waals surface area contributed by atoms with Crippen molar-refractivity contribution in [2.45, 2.75) is 20.3 Å². The van der Waals surface area contributed by atoms with Crippen molar-refractivity contribution in [3.05, 3.63) is 33.8 Å². The van der Waals surface area contributed by atoms with Gasteiger partial charge in [-0.15, -0.1) is 0 Å². The van der Waals surface area contributed by atoms with Gasteiger partial charge in [-0.2, -0.15) is 0 Å². The molecule has 0 heterocycles. The average molecular weight is 327 g/mol. The van der Waals surface area contributed by atoms with E-state index in [-0.39, 0.29) is 5.91 Å². The van der Waals surface area contributed by atoms with Crippen LogP contribution in [0.25, 0.3) is 0 Å². The van der Waals surface area contributed by atoms with E-state index in [0.29, 0.717) is 0 Å². The summed E-state index contributed by atoms with van der Waals surface area (Å²) in [5, 5.41) is 0. The first-order chi connectivity index (χ1) is 8.95. The molecule has 0 saturated carbocycles. The molecule has 0 aromatic heterocycles. The van der Waals surface area contributed by atoms with Gasteiger partial charge in [0, 0.05) is 29.7 Å². The van der Waals surface area contributed by atoms with Crippen molar-refractivity contribution in [2.24, 2.45) is 0 Å². The minimum atomic E-state index is 0.124. The molecule has 1 amide bonds. The highest BCUT2D eigenvalue weighted by molar-refractivity contribution is 9.10. The van der Waals surface area contributed by atoms with Crippen molar-refractivity contribution in [1.82, 2.24) is 9.80 Å². The zero-order valence-corrected chi connectivity index (χ0v) is 13.8. The van der Waals surface area contributed by atoms with Gasteiger partial charge in [0.05, 0.1) is 0 Å². The molecule has 3 nitrogen and oxygen atoms in total. The van der Waals surface area contributed by atoms with E-state index in [2.05, 4.69) is 27.8 Å². The average Bonchev–Trinajstić information content (AvgIpc) is 2.36. The second-order valence-electron chi connectivity index (χ2n) is 5.06. The molecule has 0 aliphatic carbocycles. The number of likely N-dealkylation sites (N-methyl/N-ethyl adjacent to an activating group) is 1. The second-order valence-corrected chi connectivity index (χ2v) is 5.91. The van der Waals surface area contributed by atoms with Crippen LogP contribution < -0.4 is 0 Å². The van der Waals surface area contributed by atoms with Gasteiger partial charge in [0.15, 0.2) is 0 Å². The maximum absolute atomic E-state index is 12.5. The number of carbonyl (C=O) groups excluding carboxylic acids is 1. The first-order valence-corrected chi connectivity index (χ1v) is 7.45. The number of carbonyl (C=O) groups is 1. The van der Waals surface area contributed by atoms with Crippen LogP contribution in [0.5, 0.6) is 0 Å². The number of hydrogen-bond acceptors (Lipinski definition) is 2. The minimum absolute atomic E-state index is 0.124. The fraction of sp³-hybridized carbons (Fsp3) is 0.533. The van der Waals surface area contributed by atoms with E-state index in [1.165, 1.54) is 0 Å². The van der Waals surface area contributed by atoms with E-state index < -0.39 is 0 Å². The van der Waals surface area contributed by atoms with Gasteiger partial charge in [-0.3, -0.25) is 4.79 Å². The van der Waals surface area contributed by atoms with Crippen molar-refractivity contribution < 1.29 is 4.79 Å². The van der Waals surface area contributed by atoms with Crippen LogP contribution in [0.3, 0.4) is 0 Å². The molecule has 4 heteroatoms. The smallest absolute Gasteiger partial charge is 0.253 e. The van der Waals surface area contributed by atoms with E-state index in [1.54, 1.807) is 0 Å². The molecule has 1 aromatic rings. The van der Waals surface area contributed by atoms with Gasteiger partial charge in [0.2, 0.25) is 0 Å². The van der Waals surface area contributed by atoms with Crippen LogP contribution in [0.4, 0.5) is 0 Å². The fourth-order valence-electron chi connectivity index (χ4n) is 1.87. The van der Waals surface area contributed by atoms with E-state index in [9.17, 15) is 4.79 Å². The van der Waals surface area contributed by atoms with Crippen LogP contribution in [0.2, 0.25) is 0 Å². The summed E-state index contributed by atoms with van der Waals surface area (Å²) in [6.45, 7) is 6.57. The van der Waals surface area contributed by atoms with Crippen LogP contribution >= 0.6 is 15.9 Å². The Hall–Kier alpha value is -0.870. The largest absolute Gasteiger partial charge is 0.337 e. The van der Waals surface area contributed by atoms with Crippen molar-refractivity contribution >= 4 is 21.8 Å². The minimum Gasteiger partial charge on any atom is -0.337 e. The van der Waals surface area contributed by atoms with Crippen LogP contribution in [0.1, 0.15) is 29.3 Å². The van der Waals surface area contributed by atoms with Crippen molar-refractivity contribution in [3.63, 3.8) is 0 Å². The van der Waals surface area contributed by atoms with Gasteiger partial charge in [0.25, 0.3) is 5.91 Å². The molecule has 1 aromatic carbocycles. The Kier molecular flexibility index (Phi) is 6.52. The molecule has 0 unspecified atom stereocenters. The fourth-order valence-corrected chi connectivity index (χ4v) is 2.11. The molecule has 1 rings (SSSR count). The molecule has 0 radical (unpaired) electrons. The van der Waals surface area contributed by atoms with Crippen LogP contribution in [0.15, 0.2) is 22.7 Å². The molecular formula is C15H23BrN2O. The Labute approximate surface area is 124 Å². The highest BCUT2D eigenvalue weighted by Gasteiger charge is 2.15. The third kappa shape index (κ3) is 4.96. The normalized spacial score (nSPS) is 10.8. The van der Waals surface area contributed by atoms with Gasteiger partial charge in [-0.05, 0) is 51.2 Å². The Morgan fingerprint density at radius 2 is 1.89 bits per heavy atom. The zero-order chi connectivity index (χ0) is 14.4. The molecule has 19 heavy (non-hydrogen) atoms. The van der Waals surface area contributed by atoms with Crippen LogP contribution in [-0.4, -0.2) is 49.4 Å². The topological polar surface area (TPSA) is 23.6 Å². The molecule has 0 bridgehead atoms. The molecule has 106 valence electrons. The Morgan fingerprint density at radius 3 is 2.42 bits per heavy atom. The molecule has 0 fully saturated rings. The lowest BCUT2D eigenvalue weighted by Gasteiger charge is -2.24. The summed E-state index contributed by atoms with van der Waals surface area (Å²) in [6.07, 6.45) is 0.981. The lowest BCUT2D eigenvalue weighted by atomic mass is 10.1. The molecular weight excluding hydrogens is 304 g/mol. The Morgan fingerprint density at radius 1 is 1.21 bits per heavy atom. The van der Waals surface area contributed by atoms with Gasteiger partial charge in [0.1, 0.15) is 0 Å². The molecule has 0 aliphatic rings. The maximum Gasteiger partial charge on any atom is 0.253 e. The highest BCUT2D eigenvalue weighted by atomic mass is 79.9. The number of aryl methyl sites for hydroxylation is 1. The summed E-state index contributed by atoms with van der Waals surface area (Å²) in [5.41, 5.74) is 1.86. The predicted octanol–water partition coefficient (Wildman–Crippen LogP) is 3.17. The van der Waals surface area contributed by atoms with Crippen molar-refractivity contribution in [1.29, 1.82) is 0 Å². The van der Waals surface area contributed by atoms with Gasteiger partial charge in [-0.1, -0.05) is 22.9 Å². The van der Waals surface area contributed by atoms with Gasteiger partial charge >= 0.3 is 0 Å². The Balaban J connectivity index is 2.82. The number of rotatable bonds is 6. The van der Waals surface area contributed by atoms with Gasteiger partial charge in [-0.25, -0.2) is 0 Å². The first-order valence-electron chi connectivity index (χ1n) is 6.65. The number of benzene rings is 1. The lowest BCUT2D eigenvalue weighted by molar-refractivity contribution is 0.0745. The summed E-state index contributed by atoms with van der Waals surface area (Å²) in [5.74, 6) is 0.124. The number of nitrogens with zero attached hydrogens (tertiary/aromatic N) is 2. The lowest BCUT2D eigenvalue weighted by Crippen LogP contribution is -2.37. The monoisotopic (exact) mass is 326 g/mol. The summed E-state index contributed by atoms with van der Waals surface area (Å²) in [4.78, 5) is 16.5. The van der Waals surface area contributed by atoms with Gasteiger partial charge < -0.3 is 9.80 Å². The summed E-state index contributed by atoms with van der Waals surface area (Å²) >= 11 is 3.46. The number of halogens is 1. The van der Waals surface area contributed by atoms with E-state index in [0.717, 1.165) is 41.7 Å². The molecule has 0 atom stereocenters. The highest BCUT2D eigenvalue weighted by Crippen LogP contribution is 2.18. The maximum atomic E-state index is 12.5. The van der Waals surface area contributed by atoms with Crippen molar-refractivity contribution in [2.75, 3.05) is 33.7 Å². The molecule has 0 spiro atoms. The van der Waals surface area contributed by atoms with E-state index in [1.807, 2.05) is 44.1 Å². The van der Waals surface area contributed by atoms with E-state index in [4.69, 9.17) is 0 Å². The number of hydrogen-bond donors (Lipinski definition) is 0. The summed E-state index contributed by atoms with van der Waals surface area (Å²) < 4.78 is 1.04. The Bertz CT molecular complexity index is 432. The zero-order valence-electron chi connectivity index (χ0n) is 12.2. The molecule has 0 saturated heterocycles. The third-order valence-electron chi connectivity index (χ3n) is 3.00. The van der Waals surface area contributed by atoms with Crippen molar-refractivity contribution in [3.8, 4) is 0 Å². The standard InChI is InChI=1S/C15H23BrN2O/c1-5-8-18(10-9-17(3)4)15(19)13-6-7-14(16)12(2)11-13/h6-7,11H,5,8-10H2,1-4H3. The third-order valence-corrected chi connectivity index (χ3v) is 3.89. The molecule has 0 N–H and O–H groups in total. The second kappa shape index (κ2) is 7.65. The van der Waals surface area contributed by atoms with Crippen LogP contribution in [0, 0.1) is 6.92 Å².